The van der Waals surface area contributed by atoms with E-state index in [1.54, 1.807) is 6.92 Å². The first-order valence-electron chi connectivity index (χ1n) is 6.25. The van der Waals surface area contributed by atoms with Crippen LogP contribution in [0.3, 0.4) is 0 Å². The maximum absolute atomic E-state index is 12.0. The number of phenols is 1. The molecular weight excluding hydrogens is 278 g/mol. The first kappa shape index (κ1) is 16.5. The van der Waals surface area contributed by atoms with Gasteiger partial charge >= 0.3 is 11.9 Å². The van der Waals surface area contributed by atoms with E-state index in [9.17, 15) is 19.5 Å². The number of aliphatic carboxylic acids is 1. The van der Waals surface area contributed by atoms with E-state index in [0.29, 0.717) is 5.56 Å². The molecular formula is C14H17NO6. The minimum absolute atomic E-state index is 0.0482. The van der Waals surface area contributed by atoms with Crippen molar-refractivity contribution in [2.24, 2.45) is 0 Å². The molecule has 0 spiro atoms. The van der Waals surface area contributed by atoms with Crippen LogP contribution >= 0.6 is 0 Å². The van der Waals surface area contributed by atoms with Crippen molar-refractivity contribution < 1.29 is 29.3 Å². The fourth-order valence-electron chi connectivity index (χ4n) is 1.66. The van der Waals surface area contributed by atoms with Gasteiger partial charge in [-0.25, -0.2) is 4.79 Å². The van der Waals surface area contributed by atoms with Gasteiger partial charge in [0.25, 0.3) is 5.91 Å². The Balaban J connectivity index is 2.74. The van der Waals surface area contributed by atoms with E-state index in [1.807, 2.05) is 0 Å². The van der Waals surface area contributed by atoms with Gasteiger partial charge in [-0.1, -0.05) is 0 Å². The predicted molar refractivity (Wildman–Crippen MR) is 73.0 cm³/mol. The molecule has 0 aromatic heterocycles. The van der Waals surface area contributed by atoms with Crippen molar-refractivity contribution >= 4 is 17.8 Å². The van der Waals surface area contributed by atoms with Crippen molar-refractivity contribution in [2.45, 2.75) is 25.8 Å². The molecule has 0 saturated carbocycles. The normalized spacial score (nSPS) is 11.5. The summed E-state index contributed by atoms with van der Waals surface area (Å²) in [5, 5.41) is 20.8. The molecule has 0 radical (unpaired) electrons. The molecule has 1 aromatic carbocycles. The van der Waals surface area contributed by atoms with Gasteiger partial charge in [0.2, 0.25) is 0 Å². The van der Waals surface area contributed by atoms with Crippen LogP contribution in [0, 0.1) is 6.92 Å². The quantitative estimate of drug-likeness (QED) is 0.670. The molecule has 0 saturated heterocycles. The van der Waals surface area contributed by atoms with Crippen molar-refractivity contribution in [3.8, 4) is 5.75 Å². The van der Waals surface area contributed by atoms with Crippen LogP contribution in [-0.2, 0) is 14.3 Å². The standard InChI is InChI=1S/C14H17NO6/c1-8-7-9(3-5-11(8)16)13(18)15-10(14(19)20)4-6-12(17)21-2/h3,5,7,10,16H,4,6H2,1-2H3,(H,15,18)(H,19,20)/t10-/m1/s1. The number of nitrogens with one attached hydrogen (secondary N) is 1. The maximum Gasteiger partial charge on any atom is 0.326 e. The number of aromatic hydroxyl groups is 1. The van der Waals surface area contributed by atoms with E-state index >= 15 is 0 Å². The number of carboxylic acid groups (broad SMARTS) is 1. The van der Waals surface area contributed by atoms with Crippen molar-refractivity contribution in [3.05, 3.63) is 29.3 Å². The topological polar surface area (TPSA) is 113 Å². The lowest BCUT2D eigenvalue weighted by Crippen LogP contribution is -2.41. The summed E-state index contributed by atoms with van der Waals surface area (Å²) in [7, 11) is 1.20. The number of hydrogen-bond acceptors (Lipinski definition) is 5. The Morgan fingerprint density at radius 1 is 1.33 bits per heavy atom. The number of hydrogen-bond donors (Lipinski definition) is 3. The number of rotatable bonds is 6. The molecule has 0 bridgehead atoms. The average molecular weight is 295 g/mol. The lowest BCUT2D eigenvalue weighted by Gasteiger charge is -2.14. The lowest BCUT2D eigenvalue weighted by molar-refractivity contribution is -0.142. The summed E-state index contributed by atoms with van der Waals surface area (Å²) in [6.07, 6.45) is -0.173. The Bertz CT molecular complexity index is 554. The smallest absolute Gasteiger partial charge is 0.326 e. The number of benzene rings is 1. The van der Waals surface area contributed by atoms with Gasteiger partial charge in [0.05, 0.1) is 7.11 Å². The van der Waals surface area contributed by atoms with E-state index < -0.39 is 23.9 Å². The summed E-state index contributed by atoms with van der Waals surface area (Å²) in [6.45, 7) is 1.62. The number of ether oxygens (including phenoxy) is 1. The number of carbonyl (C=O) groups excluding carboxylic acids is 2. The number of aryl methyl sites for hydroxylation is 1. The highest BCUT2D eigenvalue weighted by Crippen LogP contribution is 2.17. The fraction of sp³-hybridized carbons (Fsp3) is 0.357. The first-order valence-corrected chi connectivity index (χ1v) is 6.25. The molecule has 0 aliphatic heterocycles. The van der Waals surface area contributed by atoms with Gasteiger partial charge in [0.1, 0.15) is 11.8 Å². The van der Waals surface area contributed by atoms with E-state index in [1.165, 1.54) is 25.3 Å². The van der Waals surface area contributed by atoms with Crippen LogP contribution in [0.2, 0.25) is 0 Å². The summed E-state index contributed by atoms with van der Waals surface area (Å²) >= 11 is 0. The van der Waals surface area contributed by atoms with Crippen LogP contribution in [-0.4, -0.2) is 41.2 Å². The molecule has 3 N–H and O–H groups in total. The zero-order valence-corrected chi connectivity index (χ0v) is 11.8. The highest BCUT2D eigenvalue weighted by atomic mass is 16.5. The Kier molecular flexibility index (Phi) is 5.71. The summed E-state index contributed by atoms with van der Waals surface area (Å²) in [5.74, 6) is -2.32. The van der Waals surface area contributed by atoms with Crippen LogP contribution in [0.25, 0.3) is 0 Å². The van der Waals surface area contributed by atoms with Crippen LogP contribution in [0.15, 0.2) is 18.2 Å². The summed E-state index contributed by atoms with van der Waals surface area (Å²) in [4.78, 5) is 34.1. The minimum Gasteiger partial charge on any atom is -0.508 e. The molecule has 1 amide bonds. The number of esters is 1. The fourth-order valence-corrected chi connectivity index (χ4v) is 1.66. The van der Waals surface area contributed by atoms with E-state index in [4.69, 9.17) is 5.11 Å². The summed E-state index contributed by atoms with van der Waals surface area (Å²) < 4.78 is 4.43. The lowest BCUT2D eigenvalue weighted by atomic mass is 10.1. The zero-order chi connectivity index (χ0) is 16.0. The van der Waals surface area contributed by atoms with Crippen LogP contribution in [0.5, 0.6) is 5.75 Å². The Hall–Kier alpha value is -2.57. The average Bonchev–Trinajstić information content (AvgIpc) is 2.45. The predicted octanol–water partition coefficient (Wildman–Crippen LogP) is 0.837. The largest absolute Gasteiger partial charge is 0.508 e. The number of amides is 1. The van der Waals surface area contributed by atoms with Crippen molar-refractivity contribution in [2.75, 3.05) is 7.11 Å². The molecule has 7 nitrogen and oxygen atoms in total. The molecule has 0 aliphatic carbocycles. The third-order valence-corrected chi connectivity index (χ3v) is 2.93. The molecule has 114 valence electrons. The second kappa shape index (κ2) is 7.28. The van der Waals surface area contributed by atoms with Gasteiger partial charge in [-0.2, -0.15) is 0 Å². The highest BCUT2D eigenvalue weighted by Gasteiger charge is 2.22. The van der Waals surface area contributed by atoms with Gasteiger partial charge in [0.15, 0.2) is 0 Å². The van der Waals surface area contributed by atoms with Crippen molar-refractivity contribution in [3.63, 3.8) is 0 Å². The molecule has 1 atom stereocenters. The highest BCUT2D eigenvalue weighted by molar-refractivity contribution is 5.97. The van der Waals surface area contributed by atoms with Crippen LogP contribution < -0.4 is 5.32 Å². The summed E-state index contributed by atoms with van der Waals surface area (Å²) in [6, 6.07) is 3.00. The molecule has 0 aliphatic rings. The third kappa shape index (κ3) is 4.79. The molecule has 21 heavy (non-hydrogen) atoms. The number of methoxy groups -OCH3 is 1. The molecule has 1 rings (SSSR count). The molecule has 7 heteroatoms. The number of carbonyl (C=O) groups is 3. The summed E-state index contributed by atoms with van der Waals surface area (Å²) in [5.41, 5.74) is 0.735. The van der Waals surface area contributed by atoms with Crippen molar-refractivity contribution in [1.82, 2.24) is 5.32 Å². The second-order valence-electron chi connectivity index (χ2n) is 4.48. The Morgan fingerprint density at radius 2 is 2.00 bits per heavy atom. The molecule has 0 unspecified atom stereocenters. The zero-order valence-electron chi connectivity index (χ0n) is 11.8. The van der Waals surface area contributed by atoms with Gasteiger partial charge in [-0.15, -0.1) is 0 Å². The van der Waals surface area contributed by atoms with Gasteiger partial charge in [-0.05, 0) is 37.1 Å². The first-order chi connectivity index (χ1) is 9.85. The molecule has 1 aromatic rings. The van der Waals surface area contributed by atoms with E-state index in [-0.39, 0.29) is 24.2 Å². The third-order valence-electron chi connectivity index (χ3n) is 2.93. The second-order valence-corrected chi connectivity index (χ2v) is 4.48. The minimum atomic E-state index is -1.23. The van der Waals surface area contributed by atoms with Crippen LogP contribution in [0.1, 0.15) is 28.8 Å². The number of carboxylic acids is 1. The van der Waals surface area contributed by atoms with Gasteiger partial charge in [-0.3, -0.25) is 9.59 Å². The Morgan fingerprint density at radius 3 is 2.52 bits per heavy atom. The van der Waals surface area contributed by atoms with E-state index in [2.05, 4.69) is 10.1 Å². The van der Waals surface area contributed by atoms with Crippen LogP contribution in [0.4, 0.5) is 0 Å². The molecule has 0 fully saturated rings. The monoisotopic (exact) mass is 295 g/mol. The van der Waals surface area contributed by atoms with E-state index in [0.717, 1.165) is 0 Å². The maximum atomic E-state index is 12.0. The van der Waals surface area contributed by atoms with Gasteiger partial charge in [0, 0.05) is 12.0 Å². The van der Waals surface area contributed by atoms with Gasteiger partial charge < -0.3 is 20.3 Å². The number of phenolic OH excluding ortho intramolecular Hbond substituents is 1. The van der Waals surface area contributed by atoms with Crippen molar-refractivity contribution in [1.29, 1.82) is 0 Å². The Labute approximate surface area is 121 Å². The molecule has 0 heterocycles. The SMILES string of the molecule is COC(=O)CC[C@@H](NC(=O)c1ccc(O)c(C)c1)C(=O)O.